The third kappa shape index (κ3) is 4.22. The first-order chi connectivity index (χ1) is 15.5. The molecular weight excluding hydrogens is 398 g/mol. The number of aryl methyl sites for hydroxylation is 2. The van der Waals surface area contributed by atoms with E-state index in [9.17, 15) is 4.79 Å². The van der Waals surface area contributed by atoms with Crippen LogP contribution in [0.4, 0.5) is 0 Å². The highest BCUT2D eigenvalue weighted by molar-refractivity contribution is 5.94. The van der Waals surface area contributed by atoms with E-state index in [4.69, 9.17) is 0 Å². The van der Waals surface area contributed by atoms with Gasteiger partial charge in [-0.1, -0.05) is 6.07 Å². The Bertz CT molecular complexity index is 1330. The second-order valence-electron chi connectivity index (χ2n) is 8.38. The zero-order valence-electron chi connectivity index (χ0n) is 18.3. The molecule has 0 unspecified atom stereocenters. The summed E-state index contributed by atoms with van der Waals surface area (Å²) in [7, 11) is 0. The highest BCUT2D eigenvalue weighted by atomic mass is 16.1. The molecule has 3 aromatic heterocycles. The maximum absolute atomic E-state index is 12.8. The second-order valence-corrected chi connectivity index (χ2v) is 8.38. The van der Waals surface area contributed by atoms with Crippen LogP contribution in [0.1, 0.15) is 49.7 Å². The number of carbonyl (C=O) groups is 1. The molecule has 4 heterocycles. The van der Waals surface area contributed by atoms with Gasteiger partial charge in [0.2, 0.25) is 0 Å². The molecule has 32 heavy (non-hydrogen) atoms. The Morgan fingerprint density at radius 2 is 1.97 bits per heavy atom. The van der Waals surface area contributed by atoms with E-state index in [2.05, 4.69) is 49.9 Å². The van der Waals surface area contributed by atoms with Crippen molar-refractivity contribution in [3.63, 3.8) is 0 Å². The quantitative estimate of drug-likeness (QED) is 0.511. The fourth-order valence-corrected chi connectivity index (χ4v) is 4.15. The molecule has 5 rings (SSSR count). The number of hydrogen-bond donors (Lipinski definition) is 2. The summed E-state index contributed by atoms with van der Waals surface area (Å²) in [5, 5.41) is 7.46. The van der Waals surface area contributed by atoms with Crippen molar-refractivity contribution in [2.45, 2.75) is 39.9 Å². The van der Waals surface area contributed by atoms with Gasteiger partial charge in [0.1, 0.15) is 0 Å². The maximum Gasteiger partial charge on any atom is 0.251 e. The van der Waals surface area contributed by atoms with Gasteiger partial charge >= 0.3 is 0 Å². The van der Waals surface area contributed by atoms with E-state index in [1.54, 1.807) is 12.3 Å². The molecule has 4 aromatic rings. The highest BCUT2D eigenvalue weighted by Crippen LogP contribution is 2.19. The molecule has 2 N–H and O–H groups in total. The van der Waals surface area contributed by atoms with Gasteiger partial charge in [-0.3, -0.25) is 19.7 Å². The molecule has 0 fully saturated rings. The molecule has 0 radical (unpaired) electrons. The van der Waals surface area contributed by atoms with Crippen LogP contribution in [0.25, 0.3) is 10.9 Å². The Hall–Kier alpha value is -3.64. The summed E-state index contributed by atoms with van der Waals surface area (Å²) in [5.41, 5.74) is 9.07. The average Bonchev–Trinajstić information content (AvgIpc) is 3.24. The van der Waals surface area contributed by atoms with Gasteiger partial charge in [-0.05, 0) is 72.5 Å². The molecule has 0 saturated carbocycles. The standard InChI is InChI=1S/C26H25N5O/c1-16-7-20-8-18(3-4-24(20)29-12-16)9-23-11-19(5-6-28-23)26(32)30-14-21-10-22-13-27-15-25(22)31-17(21)2/h3-8,10-12,27H,9,13-15H2,1-2H3,(H,30,32). The van der Waals surface area contributed by atoms with Crippen LogP contribution >= 0.6 is 0 Å². The zero-order valence-corrected chi connectivity index (χ0v) is 18.3. The SMILES string of the molecule is Cc1cnc2ccc(Cc3cc(C(=O)NCc4cc5c(nc4C)CNC5)ccn3)cc2c1. The van der Waals surface area contributed by atoms with E-state index in [1.165, 1.54) is 5.56 Å². The molecule has 0 spiro atoms. The Kier molecular flexibility index (Phi) is 5.37. The lowest BCUT2D eigenvalue weighted by atomic mass is 10.0. The van der Waals surface area contributed by atoms with Gasteiger partial charge in [0, 0.05) is 60.8 Å². The fraction of sp³-hybridized carbons (Fsp3) is 0.231. The summed E-state index contributed by atoms with van der Waals surface area (Å²) in [4.78, 5) is 26.4. The summed E-state index contributed by atoms with van der Waals surface area (Å²) in [5.74, 6) is -0.106. The summed E-state index contributed by atoms with van der Waals surface area (Å²) < 4.78 is 0. The number of pyridine rings is 3. The molecule has 6 nitrogen and oxygen atoms in total. The van der Waals surface area contributed by atoms with Crippen molar-refractivity contribution in [2.75, 3.05) is 0 Å². The van der Waals surface area contributed by atoms with E-state index in [-0.39, 0.29) is 5.91 Å². The number of rotatable bonds is 5. The largest absolute Gasteiger partial charge is 0.348 e. The predicted molar refractivity (Wildman–Crippen MR) is 124 cm³/mol. The minimum absolute atomic E-state index is 0.106. The molecule has 1 aliphatic rings. The second kappa shape index (κ2) is 8.48. The number of fused-ring (bicyclic) bond motifs is 2. The molecule has 0 aliphatic carbocycles. The van der Waals surface area contributed by atoms with Crippen molar-refractivity contribution in [3.8, 4) is 0 Å². The topological polar surface area (TPSA) is 79.8 Å². The van der Waals surface area contributed by atoms with Crippen LogP contribution in [0.3, 0.4) is 0 Å². The highest BCUT2D eigenvalue weighted by Gasteiger charge is 2.15. The number of hydrogen-bond acceptors (Lipinski definition) is 5. The minimum atomic E-state index is -0.106. The van der Waals surface area contributed by atoms with Crippen LogP contribution in [-0.2, 0) is 26.1 Å². The summed E-state index contributed by atoms with van der Waals surface area (Å²) in [6, 6.07) is 14.1. The Morgan fingerprint density at radius 1 is 1.06 bits per heavy atom. The summed E-state index contributed by atoms with van der Waals surface area (Å²) >= 11 is 0. The number of carbonyl (C=O) groups excluding carboxylic acids is 1. The fourth-order valence-electron chi connectivity index (χ4n) is 4.15. The first-order valence-corrected chi connectivity index (χ1v) is 10.8. The van der Waals surface area contributed by atoms with Gasteiger partial charge < -0.3 is 10.6 Å². The lowest BCUT2D eigenvalue weighted by molar-refractivity contribution is 0.0950. The first kappa shape index (κ1) is 20.3. The van der Waals surface area contributed by atoms with E-state index in [1.807, 2.05) is 32.2 Å². The molecule has 1 aromatic carbocycles. The molecule has 6 heteroatoms. The minimum Gasteiger partial charge on any atom is -0.348 e. The van der Waals surface area contributed by atoms with Crippen molar-refractivity contribution in [2.24, 2.45) is 0 Å². The molecule has 1 amide bonds. The smallest absolute Gasteiger partial charge is 0.251 e. The van der Waals surface area contributed by atoms with Crippen LogP contribution in [0, 0.1) is 13.8 Å². The van der Waals surface area contributed by atoms with Crippen molar-refractivity contribution < 1.29 is 4.79 Å². The number of aromatic nitrogens is 3. The average molecular weight is 424 g/mol. The lowest BCUT2D eigenvalue weighted by Gasteiger charge is -2.10. The monoisotopic (exact) mass is 423 g/mol. The zero-order chi connectivity index (χ0) is 22.1. The van der Waals surface area contributed by atoms with Gasteiger partial charge in [0.25, 0.3) is 5.91 Å². The Morgan fingerprint density at radius 3 is 2.88 bits per heavy atom. The van der Waals surface area contributed by atoms with Crippen LogP contribution in [0.2, 0.25) is 0 Å². The molecule has 0 saturated heterocycles. The van der Waals surface area contributed by atoms with Gasteiger partial charge in [-0.2, -0.15) is 0 Å². The molecule has 160 valence electrons. The van der Waals surface area contributed by atoms with E-state index in [0.29, 0.717) is 18.5 Å². The van der Waals surface area contributed by atoms with Crippen molar-refractivity contribution in [3.05, 3.63) is 99.8 Å². The number of benzene rings is 1. The van der Waals surface area contributed by atoms with Gasteiger partial charge in [0.05, 0.1) is 11.2 Å². The van der Waals surface area contributed by atoms with Crippen molar-refractivity contribution in [1.82, 2.24) is 25.6 Å². The normalized spacial score (nSPS) is 12.7. The van der Waals surface area contributed by atoms with Gasteiger partial charge in [-0.25, -0.2) is 0 Å². The molecule has 1 aliphatic heterocycles. The van der Waals surface area contributed by atoms with E-state index in [0.717, 1.165) is 57.8 Å². The predicted octanol–water partition coefficient (Wildman–Crippen LogP) is 3.77. The lowest BCUT2D eigenvalue weighted by Crippen LogP contribution is -2.23. The Balaban J connectivity index is 1.29. The van der Waals surface area contributed by atoms with E-state index >= 15 is 0 Å². The van der Waals surface area contributed by atoms with Crippen LogP contribution in [0.5, 0.6) is 0 Å². The maximum atomic E-state index is 12.8. The Labute approximate surface area is 187 Å². The molecule has 0 bridgehead atoms. The third-order valence-electron chi connectivity index (χ3n) is 5.88. The van der Waals surface area contributed by atoms with Crippen LogP contribution < -0.4 is 10.6 Å². The molecular formula is C26H25N5O. The number of amides is 1. The summed E-state index contributed by atoms with van der Waals surface area (Å²) in [6.07, 6.45) is 4.24. The van der Waals surface area contributed by atoms with Gasteiger partial charge in [-0.15, -0.1) is 0 Å². The van der Waals surface area contributed by atoms with Crippen LogP contribution in [0.15, 0.2) is 54.9 Å². The van der Waals surface area contributed by atoms with Crippen molar-refractivity contribution >= 4 is 16.8 Å². The summed E-state index contributed by atoms with van der Waals surface area (Å²) in [6.45, 7) is 6.14. The van der Waals surface area contributed by atoms with Gasteiger partial charge in [0.15, 0.2) is 0 Å². The van der Waals surface area contributed by atoms with Crippen molar-refractivity contribution in [1.29, 1.82) is 0 Å². The number of nitrogens with one attached hydrogen (secondary N) is 2. The molecule has 0 atom stereocenters. The third-order valence-corrected chi connectivity index (χ3v) is 5.88. The number of nitrogens with zero attached hydrogens (tertiary/aromatic N) is 3. The van der Waals surface area contributed by atoms with Crippen LogP contribution in [-0.4, -0.2) is 20.9 Å². The van der Waals surface area contributed by atoms with E-state index < -0.39 is 0 Å². The first-order valence-electron chi connectivity index (χ1n) is 10.8.